The van der Waals surface area contributed by atoms with Crippen molar-refractivity contribution < 1.29 is 47.0 Å². The van der Waals surface area contributed by atoms with Gasteiger partial charge in [-0.25, -0.2) is 8.98 Å². The van der Waals surface area contributed by atoms with Gasteiger partial charge in [0, 0.05) is 0 Å². The van der Waals surface area contributed by atoms with E-state index < -0.39 is 22.5 Å². The maximum absolute atomic E-state index is 10.8. The standard InChI is InChI=1S/C6H8O6S.Li.H/c1-3-4-11-6(7)5(2)12-13(8,9)10;;/h1,5H,4H2,2H3,(H,8,9,10);;/q;+1;-1. The predicted octanol–water partition coefficient (Wildman–Crippen LogP) is -3.51. The first kappa shape index (κ1) is 15.9. The van der Waals surface area contributed by atoms with Crippen LogP contribution in [0.4, 0.5) is 0 Å². The van der Waals surface area contributed by atoms with Crippen LogP contribution in [0.25, 0.3) is 0 Å². The number of carbonyl (C=O) groups excluding carboxylic acids is 1. The van der Waals surface area contributed by atoms with E-state index in [0.29, 0.717) is 0 Å². The van der Waals surface area contributed by atoms with E-state index in [1.165, 1.54) is 0 Å². The number of ether oxygens (including phenoxy) is 1. The van der Waals surface area contributed by atoms with Crippen LogP contribution in [0.1, 0.15) is 8.35 Å². The van der Waals surface area contributed by atoms with E-state index in [-0.39, 0.29) is 26.9 Å². The molecule has 0 bridgehead atoms. The Kier molecular flexibility index (Phi) is 7.84. The first-order valence-corrected chi connectivity index (χ1v) is 4.49. The van der Waals surface area contributed by atoms with Crippen molar-refractivity contribution in [2.24, 2.45) is 0 Å². The molecule has 1 atom stereocenters. The molecule has 0 aromatic carbocycles. The average molecular weight is 216 g/mol. The van der Waals surface area contributed by atoms with E-state index >= 15 is 0 Å². The molecule has 14 heavy (non-hydrogen) atoms. The minimum Gasteiger partial charge on any atom is -1.00 e. The number of esters is 1. The van der Waals surface area contributed by atoms with Gasteiger partial charge in [-0.2, -0.15) is 8.42 Å². The molecule has 0 aromatic heterocycles. The SMILES string of the molecule is C#CCOC(=O)C(C)OS(=O)(=O)O.[H-].[Li+]. The summed E-state index contributed by atoms with van der Waals surface area (Å²) in [4.78, 5) is 10.8. The molecule has 0 saturated carbocycles. The van der Waals surface area contributed by atoms with E-state index in [1.807, 2.05) is 5.92 Å². The zero-order chi connectivity index (χ0) is 10.5. The summed E-state index contributed by atoms with van der Waals surface area (Å²) in [5, 5.41) is 0. The molecule has 76 valence electrons. The molecule has 1 N–H and O–H groups in total. The van der Waals surface area contributed by atoms with Crippen LogP contribution in [0.15, 0.2) is 0 Å². The Balaban J connectivity index is -0.000000720. The zero-order valence-corrected chi connectivity index (χ0v) is 8.58. The second-order valence-corrected chi connectivity index (χ2v) is 3.03. The average Bonchev–Trinajstić information content (AvgIpc) is 1.96. The number of rotatable bonds is 4. The Labute approximate surface area is 95.6 Å². The molecule has 0 rings (SSSR count). The van der Waals surface area contributed by atoms with Gasteiger partial charge in [0.2, 0.25) is 0 Å². The van der Waals surface area contributed by atoms with Gasteiger partial charge < -0.3 is 6.16 Å². The molecule has 0 aliphatic carbocycles. The van der Waals surface area contributed by atoms with Gasteiger partial charge in [-0.1, -0.05) is 5.92 Å². The first-order valence-electron chi connectivity index (χ1n) is 3.12. The van der Waals surface area contributed by atoms with Gasteiger partial charge in [0.15, 0.2) is 12.7 Å². The molecular formula is C6H9LiO6S. The molecule has 8 heteroatoms. The van der Waals surface area contributed by atoms with Crippen molar-refractivity contribution >= 4 is 16.4 Å². The molecular weight excluding hydrogens is 207 g/mol. The van der Waals surface area contributed by atoms with Crippen LogP contribution in [-0.2, 0) is 24.1 Å². The van der Waals surface area contributed by atoms with E-state index in [1.54, 1.807) is 0 Å². The molecule has 0 aromatic rings. The Morgan fingerprint density at radius 3 is 2.57 bits per heavy atom. The van der Waals surface area contributed by atoms with Crippen molar-refractivity contribution in [1.29, 1.82) is 0 Å². The van der Waals surface area contributed by atoms with Gasteiger partial charge in [0.05, 0.1) is 0 Å². The minimum atomic E-state index is -4.65. The van der Waals surface area contributed by atoms with Crippen LogP contribution < -0.4 is 18.9 Å². The summed E-state index contributed by atoms with van der Waals surface area (Å²) in [5.74, 6) is 1.04. The van der Waals surface area contributed by atoms with Crippen LogP contribution in [-0.4, -0.2) is 31.7 Å². The largest absolute Gasteiger partial charge is 1.00 e. The van der Waals surface area contributed by atoms with Crippen molar-refractivity contribution in [3.63, 3.8) is 0 Å². The second kappa shape index (κ2) is 6.88. The predicted molar refractivity (Wildman–Crippen MR) is 43.0 cm³/mol. The number of hydrogen-bond donors (Lipinski definition) is 1. The monoisotopic (exact) mass is 216 g/mol. The fourth-order valence-electron chi connectivity index (χ4n) is 0.452. The van der Waals surface area contributed by atoms with Gasteiger partial charge in [-0.05, 0) is 6.92 Å². The maximum Gasteiger partial charge on any atom is 1.00 e. The summed E-state index contributed by atoms with van der Waals surface area (Å²) in [7, 11) is -4.65. The van der Waals surface area contributed by atoms with Crippen molar-refractivity contribution in [1.82, 2.24) is 0 Å². The number of terminal acetylenes is 1. The molecule has 1 unspecified atom stereocenters. The Morgan fingerprint density at radius 1 is 1.71 bits per heavy atom. The summed E-state index contributed by atoms with van der Waals surface area (Å²) in [6.45, 7) is 0.824. The van der Waals surface area contributed by atoms with Gasteiger partial charge in [-0.3, -0.25) is 4.55 Å². The molecule has 0 radical (unpaired) electrons. The van der Waals surface area contributed by atoms with Gasteiger partial charge >= 0.3 is 35.2 Å². The third-order valence-corrected chi connectivity index (χ3v) is 1.43. The summed E-state index contributed by atoms with van der Waals surface area (Å²) in [6, 6.07) is 0. The van der Waals surface area contributed by atoms with Crippen molar-refractivity contribution in [2.75, 3.05) is 6.61 Å². The van der Waals surface area contributed by atoms with Crippen molar-refractivity contribution in [2.45, 2.75) is 13.0 Å². The molecule has 0 aliphatic heterocycles. The topological polar surface area (TPSA) is 89.9 Å². The van der Waals surface area contributed by atoms with E-state index in [2.05, 4.69) is 8.92 Å². The number of hydrogen-bond acceptors (Lipinski definition) is 5. The molecule has 0 fully saturated rings. The van der Waals surface area contributed by atoms with Gasteiger partial charge in [0.25, 0.3) is 0 Å². The number of carbonyl (C=O) groups is 1. The third kappa shape index (κ3) is 8.11. The molecule has 0 spiro atoms. The Hall–Kier alpha value is -0.503. The van der Waals surface area contributed by atoms with Crippen LogP contribution in [0, 0.1) is 12.3 Å². The molecule has 6 nitrogen and oxygen atoms in total. The summed E-state index contributed by atoms with van der Waals surface area (Å²) >= 11 is 0. The Bertz CT molecular complexity index is 321. The summed E-state index contributed by atoms with van der Waals surface area (Å²) in [6.07, 6.45) is 3.35. The quantitative estimate of drug-likeness (QED) is 0.227. The van der Waals surface area contributed by atoms with E-state index in [0.717, 1.165) is 6.92 Å². The summed E-state index contributed by atoms with van der Waals surface area (Å²) < 4.78 is 36.6. The first-order chi connectivity index (χ1) is 5.87. The van der Waals surface area contributed by atoms with Gasteiger partial charge in [0.1, 0.15) is 0 Å². The van der Waals surface area contributed by atoms with E-state index in [4.69, 9.17) is 11.0 Å². The van der Waals surface area contributed by atoms with Crippen LogP contribution in [0.2, 0.25) is 0 Å². The van der Waals surface area contributed by atoms with Crippen molar-refractivity contribution in [3.8, 4) is 12.3 Å². The van der Waals surface area contributed by atoms with Crippen LogP contribution in [0.5, 0.6) is 0 Å². The van der Waals surface area contributed by atoms with E-state index in [9.17, 15) is 13.2 Å². The maximum atomic E-state index is 10.8. The smallest absolute Gasteiger partial charge is 1.00 e. The zero-order valence-electron chi connectivity index (χ0n) is 8.76. The fraction of sp³-hybridized carbons (Fsp3) is 0.500. The fourth-order valence-corrected chi connectivity index (χ4v) is 0.895. The summed E-state index contributed by atoms with van der Waals surface area (Å²) in [5.41, 5.74) is 0. The molecule has 0 amide bonds. The molecule has 0 aliphatic rings. The van der Waals surface area contributed by atoms with Crippen LogP contribution in [0.3, 0.4) is 0 Å². The van der Waals surface area contributed by atoms with Gasteiger partial charge in [-0.15, -0.1) is 6.42 Å². The second-order valence-electron chi connectivity index (χ2n) is 1.98. The normalized spacial score (nSPS) is 12.1. The Morgan fingerprint density at radius 2 is 2.21 bits per heavy atom. The van der Waals surface area contributed by atoms with Crippen LogP contribution >= 0.6 is 0 Å². The molecule has 0 saturated heterocycles. The third-order valence-electron chi connectivity index (χ3n) is 0.896. The van der Waals surface area contributed by atoms with Crippen molar-refractivity contribution in [3.05, 3.63) is 0 Å². The molecule has 0 heterocycles. The minimum absolute atomic E-state index is 0.